The van der Waals surface area contributed by atoms with Crippen LogP contribution in [0.15, 0.2) is 0 Å². The zero-order valence-electron chi connectivity index (χ0n) is 15.1. The van der Waals surface area contributed by atoms with E-state index in [1.165, 1.54) is 10.7 Å². The first-order valence-electron chi connectivity index (χ1n) is 8.49. The Balaban J connectivity index is 0.000000448. The number of esters is 1. The Morgan fingerprint density at radius 2 is 1.80 bits per heavy atom. The first-order valence-corrected chi connectivity index (χ1v) is 10.6. The summed E-state index contributed by atoms with van der Waals surface area (Å²) < 4.78 is 5.40. The molecule has 10 radical (unpaired) electrons. The van der Waals surface area contributed by atoms with Crippen LogP contribution in [0.25, 0.3) is 0 Å². The van der Waals surface area contributed by atoms with Crippen molar-refractivity contribution in [2.75, 3.05) is 14.1 Å². The van der Waals surface area contributed by atoms with E-state index in [1.54, 1.807) is 0 Å². The number of carbonyl (C=O) groups is 1. The standard InChI is InChI=1S/C15H22NO2Se.C5H5.Fe/c1-11(16(2)3)13-7-5-8-14(13)19-10-12-6-4-9-15(17)18-12;1-2-4-5-3-1;/h5,7-8,11-12H,4,6,9-10H2,1-3H3;1-5H;/q;;+2/t11-,12-;;/m1../s1. The topological polar surface area (TPSA) is 29.5 Å². The number of rotatable bonds is 5. The van der Waals surface area contributed by atoms with Crippen LogP contribution in [0.3, 0.4) is 0 Å². The SMILES string of the molecule is C[C@H]([C]1[CH][CH][CH][C]1[Se]C[C@H]1CCCC(=O)O1)N(C)C.[CH]1[CH][CH][CH][CH]1.[Fe+2]. The maximum Gasteiger partial charge on any atom is 2.00 e. The molecule has 136 valence electrons. The van der Waals surface area contributed by atoms with Crippen molar-refractivity contribution in [2.24, 2.45) is 0 Å². The minimum absolute atomic E-state index is 0. The summed E-state index contributed by atoms with van der Waals surface area (Å²) >= 11 is 0.394. The Morgan fingerprint density at radius 1 is 1.16 bits per heavy atom. The molecule has 3 fully saturated rings. The molecule has 1 saturated heterocycles. The van der Waals surface area contributed by atoms with E-state index in [4.69, 9.17) is 4.74 Å². The van der Waals surface area contributed by atoms with Gasteiger partial charge in [-0.3, -0.25) is 0 Å². The van der Waals surface area contributed by atoms with Crippen molar-refractivity contribution in [1.82, 2.24) is 4.90 Å². The summed E-state index contributed by atoms with van der Waals surface area (Å²) in [6.07, 6.45) is 19.4. The van der Waals surface area contributed by atoms with E-state index in [-0.39, 0.29) is 29.1 Å². The molecule has 0 aromatic rings. The minimum Gasteiger partial charge on any atom is -0.0312 e. The van der Waals surface area contributed by atoms with Gasteiger partial charge in [0.15, 0.2) is 0 Å². The predicted octanol–water partition coefficient (Wildman–Crippen LogP) is 2.91. The van der Waals surface area contributed by atoms with Crippen molar-refractivity contribution in [3.8, 4) is 0 Å². The molecular formula is C20H27FeNO2Se+2. The van der Waals surface area contributed by atoms with Crippen molar-refractivity contribution in [3.05, 3.63) is 62.1 Å². The van der Waals surface area contributed by atoms with Gasteiger partial charge in [-0.2, -0.15) is 0 Å². The third kappa shape index (κ3) is 8.35. The van der Waals surface area contributed by atoms with Crippen LogP contribution >= 0.6 is 0 Å². The van der Waals surface area contributed by atoms with E-state index in [0.717, 1.165) is 18.2 Å². The molecule has 0 bridgehead atoms. The molecule has 0 spiro atoms. The molecule has 5 heteroatoms. The number of ether oxygens (including phenoxy) is 1. The number of nitrogens with zero attached hydrogens (tertiary/aromatic N) is 1. The van der Waals surface area contributed by atoms with E-state index < -0.39 is 0 Å². The van der Waals surface area contributed by atoms with Gasteiger partial charge in [0.05, 0.1) is 0 Å². The maximum atomic E-state index is 11.3. The average molecular weight is 448 g/mol. The minimum atomic E-state index is -0.0172. The quantitative estimate of drug-likeness (QED) is 0.479. The van der Waals surface area contributed by atoms with Gasteiger partial charge in [-0.15, -0.1) is 0 Å². The number of hydrogen-bond acceptors (Lipinski definition) is 3. The molecule has 0 amide bonds. The van der Waals surface area contributed by atoms with Crippen molar-refractivity contribution < 1.29 is 26.6 Å². The first kappa shape index (κ1) is 23.5. The van der Waals surface area contributed by atoms with Crippen LogP contribution in [-0.4, -0.2) is 52.1 Å². The van der Waals surface area contributed by atoms with Crippen LogP contribution < -0.4 is 0 Å². The predicted molar refractivity (Wildman–Crippen MR) is 98.3 cm³/mol. The summed E-state index contributed by atoms with van der Waals surface area (Å²) in [5.41, 5.74) is 0. The summed E-state index contributed by atoms with van der Waals surface area (Å²) in [7, 11) is 4.22. The van der Waals surface area contributed by atoms with E-state index in [2.05, 4.69) is 45.2 Å². The van der Waals surface area contributed by atoms with Crippen LogP contribution in [0.5, 0.6) is 0 Å². The van der Waals surface area contributed by atoms with Gasteiger partial charge < -0.3 is 0 Å². The number of hydrogen-bond donors (Lipinski definition) is 0. The van der Waals surface area contributed by atoms with Crippen LogP contribution in [0.2, 0.25) is 5.32 Å². The summed E-state index contributed by atoms with van der Waals surface area (Å²) in [5.74, 6) is 1.41. The van der Waals surface area contributed by atoms with Crippen LogP contribution in [0.4, 0.5) is 0 Å². The van der Waals surface area contributed by atoms with Crippen LogP contribution in [-0.2, 0) is 26.6 Å². The van der Waals surface area contributed by atoms with Gasteiger partial charge in [-0.05, 0) is 32.1 Å². The molecule has 2 atom stereocenters. The molecule has 0 aromatic heterocycles. The summed E-state index contributed by atoms with van der Waals surface area (Å²) in [6.45, 7) is 2.23. The number of cyclic esters (lactones) is 1. The van der Waals surface area contributed by atoms with E-state index in [0.29, 0.717) is 27.4 Å². The van der Waals surface area contributed by atoms with Crippen molar-refractivity contribution >= 4 is 20.9 Å². The largest absolute Gasteiger partial charge is 2.00 e. The fraction of sp³-hybridized carbons (Fsp3) is 0.450. The van der Waals surface area contributed by atoms with Crippen molar-refractivity contribution in [1.29, 1.82) is 0 Å². The van der Waals surface area contributed by atoms with Gasteiger partial charge in [-0.25, -0.2) is 0 Å². The van der Waals surface area contributed by atoms with Gasteiger partial charge in [0, 0.05) is 0 Å². The Morgan fingerprint density at radius 3 is 2.36 bits per heavy atom. The summed E-state index contributed by atoms with van der Waals surface area (Å²) in [4.78, 5) is 15.0. The molecule has 0 unspecified atom stereocenters. The smallest absolute Gasteiger partial charge is 0.0312 e. The summed E-state index contributed by atoms with van der Waals surface area (Å²) in [5, 5.41) is 1.01. The van der Waals surface area contributed by atoms with Gasteiger partial charge >= 0.3 is 140 Å². The molecule has 0 N–H and O–H groups in total. The second-order valence-electron chi connectivity index (χ2n) is 6.26. The second-order valence-corrected chi connectivity index (χ2v) is 8.49. The van der Waals surface area contributed by atoms with Crippen molar-refractivity contribution in [2.45, 2.75) is 43.7 Å². The Kier molecular flexibility index (Phi) is 12.0. The van der Waals surface area contributed by atoms with Gasteiger partial charge in [0.1, 0.15) is 0 Å². The molecule has 0 aromatic carbocycles. The molecule has 3 rings (SSSR count). The zero-order chi connectivity index (χ0) is 17.4. The molecule has 1 aliphatic heterocycles. The maximum absolute atomic E-state index is 11.3. The van der Waals surface area contributed by atoms with Gasteiger partial charge in [-0.1, -0.05) is 0 Å². The first-order chi connectivity index (χ1) is 11.6. The van der Waals surface area contributed by atoms with E-state index in [9.17, 15) is 4.79 Å². The summed E-state index contributed by atoms with van der Waals surface area (Å²) in [6, 6.07) is 0.445. The molecule has 3 nitrogen and oxygen atoms in total. The van der Waals surface area contributed by atoms with Crippen LogP contribution in [0.1, 0.15) is 26.2 Å². The normalized spacial score (nSPS) is 25.9. The van der Waals surface area contributed by atoms with Crippen LogP contribution in [0, 0.1) is 62.1 Å². The van der Waals surface area contributed by atoms with Crippen molar-refractivity contribution in [3.63, 3.8) is 0 Å². The Hall–Kier alpha value is 0.469. The van der Waals surface area contributed by atoms with E-state index >= 15 is 0 Å². The van der Waals surface area contributed by atoms with Gasteiger partial charge in [0.25, 0.3) is 0 Å². The zero-order valence-corrected chi connectivity index (χ0v) is 17.9. The molecular weight excluding hydrogens is 421 g/mol. The molecule has 2 aliphatic carbocycles. The average Bonchev–Trinajstić information content (AvgIpc) is 3.26. The molecule has 25 heavy (non-hydrogen) atoms. The Bertz CT molecular complexity index is 369. The third-order valence-corrected chi connectivity index (χ3v) is 6.78. The molecule has 2 saturated carbocycles. The molecule has 1 heterocycles. The van der Waals surface area contributed by atoms with E-state index in [1.807, 2.05) is 32.1 Å². The second kappa shape index (κ2) is 12.8. The number of carbonyl (C=O) groups excluding carboxylic acids is 1. The third-order valence-electron chi connectivity index (χ3n) is 4.22. The monoisotopic (exact) mass is 449 g/mol. The van der Waals surface area contributed by atoms with Gasteiger partial charge in [0.2, 0.25) is 0 Å². The Labute approximate surface area is 172 Å². The fourth-order valence-corrected chi connectivity index (χ4v) is 5.05. The molecule has 3 aliphatic rings. The fourth-order valence-electron chi connectivity index (χ4n) is 2.57.